The smallest absolute Gasteiger partial charge is 0.240 e. The minimum absolute atomic E-state index is 0.0226. The van der Waals surface area contributed by atoms with Crippen LogP contribution in [0.5, 0.6) is 0 Å². The number of carbonyl (C=O) groups excluding carboxylic acids is 1. The zero-order valence-electron chi connectivity index (χ0n) is 10.0. The summed E-state index contributed by atoms with van der Waals surface area (Å²) in [4.78, 5) is 11.4. The number of benzene rings is 1. The van der Waals surface area contributed by atoms with Gasteiger partial charge in [0.25, 0.3) is 0 Å². The Morgan fingerprint density at radius 2 is 1.95 bits per heavy atom. The topological polar surface area (TPSA) is 75.3 Å². The fourth-order valence-corrected chi connectivity index (χ4v) is 2.53. The molecule has 1 amide bonds. The summed E-state index contributed by atoms with van der Waals surface area (Å²) >= 11 is 3.22. The third kappa shape index (κ3) is 5.42. The van der Waals surface area contributed by atoms with Crippen LogP contribution in [0.2, 0.25) is 0 Å². The number of hydrogen-bond donors (Lipinski definition) is 2. The second-order valence-corrected chi connectivity index (χ2v) is 6.27. The molecule has 0 unspecified atom stereocenters. The molecule has 2 N–H and O–H groups in total. The molecule has 0 radical (unpaired) electrons. The highest BCUT2D eigenvalue weighted by Crippen LogP contribution is 2.14. The highest BCUT2D eigenvalue weighted by Gasteiger charge is 2.13. The Bertz CT molecular complexity index is 576. The van der Waals surface area contributed by atoms with Crippen molar-refractivity contribution in [2.24, 2.45) is 0 Å². The van der Waals surface area contributed by atoms with Crippen molar-refractivity contribution in [1.29, 1.82) is 0 Å². The van der Waals surface area contributed by atoms with Crippen LogP contribution in [0.15, 0.2) is 33.6 Å². The first-order valence-electron chi connectivity index (χ1n) is 5.41. The average molecular weight is 345 g/mol. The van der Waals surface area contributed by atoms with E-state index in [-0.39, 0.29) is 30.3 Å². The van der Waals surface area contributed by atoms with Gasteiger partial charge < -0.3 is 5.32 Å². The van der Waals surface area contributed by atoms with Crippen molar-refractivity contribution in [3.8, 4) is 12.3 Å². The third-order valence-electron chi connectivity index (χ3n) is 2.16. The van der Waals surface area contributed by atoms with E-state index in [0.29, 0.717) is 0 Å². The van der Waals surface area contributed by atoms with E-state index >= 15 is 0 Å². The molecule has 0 atom stereocenters. The fraction of sp³-hybridized carbons (Fsp3) is 0.250. The maximum Gasteiger partial charge on any atom is 0.240 e. The molecule has 0 aliphatic rings. The van der Waals surface area contributed by atoms with Crippen LogP contribution in [0.4, 0.5) is 0 Å². The average Bonchev–Trinajstić information content (AvgIpc) is 2.36. The lowest BCUT2D eigenvalue weighted by Crippen LogP contribution is -2.30. The van der Waals surface area contributed by atoms with Crippen LogP contribution < -0.4 is 10.0 Å². The number of sulfonamides is 1. The number of halogens is 1. The first-order valence-corrected chi connectivity index (χ1v) is 7.69. The van der Waals surface area contributed by atoms with Crippen molar-refractivity contribution in [2.75, 3.05) is 13.1 Å². The number of terminal acetylenes is 1. The molecule has 0 aliphatic carbocycles. The normalized spacial score (nSPS) is 10.7. The van der Waals surface area contributed by atoms with E-state index in [1.807, 2.05) is 0 Å². The molecule has 7 heteroatoms. The second kappa shape index (κ2) is 7.28. The number of amides is 1. The first kappa shape index (κ1) is 15.7. The number of nitrogens with one attached hydrogen (secondary N) is 2. The van der Waals surface area contributed by atoms with Crippen LogP contribution in [-0.2, 0) is 14.8 Å². The van der Waals surface area contributed by atoms with Gasteiger partial charge >= 0.3 is 0 Å². The third-order valence-corrected chi connectivity index (χ3v) is 4.16. The predicted molar refractivity (Wildman–Crippen MR) is 75.8 cm³/mol. The molecule has 102 valence electrons. The summed E-state index contributed by atoms with van der Waals surface area (Å²) in [6.07, 6.45) is 5.02. The molecule has 0 fully saturated rings. The van der Waals surface area contributed by atoms with Gasteiger partial charge in [-0.05, 0) is 24.3 Å². The first-order chi connectivity index (χ1) is 8.95. The summed E-state index contributed by atoms with van der Waals surface area (Å²) in [6, 6.07) is 6.22. The SMILES string of the molecule is C#CCNC(=O)CCNS(=O)(=O)c1ccc(Br)cc1. The Morgan fingerprint density at radius 3 is 2.53 bits per heavy atom. The summed E-state index contributed by atoms with van der Waals surface area (Å²) in [5.41, 5.74) is 0. The highest BCUT2D eigenvalue weighted by atomic mass is 79.9. The summed E-state index contributed by atoms with van der Waals surface area (Å²) in [5.74, 6) is 1.97. The number of carbonyl (C=O) groups is 1. The van der Waals surface area contributed by atoms with Gasteiger partial charge in [-0.1, -0.05) is 21.9 Å². The van der Waals surface area contributed by atoms with Gasteiger partial charge in [0, 0.05) is 17.4 Å². The lowest BCUT2D eigenvalue weighted by Gasteiger charge is -2.06. The largest absolute Gasteiger partial charge is 0.345 e. The monoisotopic (exact) mass is 344 g/mol. The van der Waals surface area contributed by atoms with Crippen molar-refractivity contribution in [3.63, 3.8) is 0 Å². The lowest BCUT2D eigenvalue weighted by molar-refractivity contribution is -0.120. The Labute approximate surface area is 121 Å². The number of rotatable bonds is 6. The molecule has 0 aromatic heterocycles. The minimum Gasteiger partial charge on any atom is -0.345 e. The summed E-state index contributed by atoms with van der Waals surface area (Å²) < 4.78 is 26.8. The van der Waals surface area contributed by atoms with Crippen molar-refractivity contribution in [3.05, 3.63) is 28.7 Å². The van der Waals surface area contributed by atoms with E-state index < -0.39 is 10.0 Å². The van der Waals surface area contributed by atoms with Crippen LogP contribution in [-0.4, -0.2) is 27.4 Å². The Balaban J connectivity index is 2.50. The zero-order valence-corrected chi connectivity index (χ0v) is 12.4. The second-order valence-electron chi connectivity index (χ2n) is 3.58. The van der Waals surface area contributed by atoms with E-state index in [1.54, 1.807) is 12.1 Å². The molecule has 0 aliphatic heterocycles. The van der Waals surface area contributed by atoms with Crippen molar-refractivity contribution in [1.82, 2.24) is 10.0 Å². The van der Waals surface area contributed by atoms with E-state index in [2.05, 4.69) is 31.9 Å². The van der Waals surface area contributed by atoms with Gasteiger partial charge in [0.05, 0.1) is 11.4 Å². The Morgan fingerprint density at radius 1 is 1.32 bits per heavy atom. The molecule has 19 heavy (non-hydrogen) atoms. The molecule has 0 saturated heterocycles. The molecule has 1 aromatic carbocycles. The molecule has 0 heterocycles. The quantitative estimate of drug-likeness (QED) is 0.752. The van der Waals surface area contributed by atoms with Gasteiger partial charge in [-0.15, -0.1) is 6.42 Å². The molecule has 5 nitrogen and oxygen atoms in total. The van der Waals surface area contributed by atoms with Crippen molar-refractivity contribution in [2.45, 2.75) is 11.3 Å². The van der Waals surface area contributed by atoms with Crippen LogP contribution in [0, 0.1) is 12.3 Å². The van der Waals surface area contributed by atoms with Gasteiger partial charge in [-0.2, -0.15) is 0 Å². The minimum atomic E-state index is -3.58. The van der Waals surface area contributed by atoms with E-state index in [9.17, 15) is 13.2 Å². The van der Waals surface area contributed by atoms with E-state index in [0.717, 1.165) is 4.47 Å². The maximum absolute atomic E-state index is 11.8. The van der Waals surface area contributed by atoms with Crippen molar-refractivity contribution < 1.29 is 13.2 Å². The van der Waals surface area contributed by atoms with Crippen LogP contribution in [0.3, 0.4) is 0 Å². The number of hydrogen-bond acceptors (Lipinski definition) is 3. The highest BCUT2D eigenvalue weighted by molar-refractivity contribution is 9.10. The van der Waals surface area contributed by atoms with Gasteiger partial charge in [0.2, 0.25) is 15.9 Å². The van der Waals surface area contributed by atoms with Crippen LogP contribution >= 0.6 is 15.9 Å². The molecule has 1 aromatic rings. The molecular formula is C12H13BrN2O3S. The van der Waals surface area contributed by atoms with E-state index in [4.69, 9.17) is 6.42 Å². The summed E-state index contributed by atoms with van der Waals surface area (Å²) in [5, 5.41) is 2.45. The molecule has 0 spiro atoms. The molecule has 1 rings (SSSR count). The zero-order chi connectivity index (χ0) is 14.3. The molecular weight excluding hydrogens is 332 g/mol. The Hall–Kier alpha value is -1.36. The summed E-state index contributed by atoms with van der Waals surface area (Å²) in [6.45, 7) is 0.160. The lowest BCUT2D eigenvalue weighted by atomic mass is 10.4. The Kier molecular flexibility index (Phi) is 6.02. The van der Waals surface area contributed by atoms with Crippen LogP contribution in [0.25, 0.3) is 0 Å². The molecule has 0 bridgehead atoms. The van der Waals surface area contributed by atoms with Crippen molar-refractivity contribution >= 4 is 31.9 Å². The predicted octanol–water partition coefficient (Wildman–Crippen LogP) is 0.867. The molecule has 0 saturated carbocycles. The fourth-order valence-electron chi connectivity index (χ4n) is 1.23. The van der Waals surface area contributed by atoms with Crippen LogP contribution in [0.1, 0.15) is 6.42 Å². The van der Waals surface area contributed by atoms with Gasteiger partial charge in [-0.3, -0.25) is 4.79 Å². The standard InChI is InChI=1S/C12H13BrN2O3S/c1-2-8-14-12(16)7-9-15-19(17,18)11-5-3-10(13)4-6-11/h1,3-6,15H,7-9H2,(H,14,16). The summed E-state index contributed by atoms with van der Waals surface area (Å²) in [7, 11) is -3.58. The van der Waals surface area contributed by atoms with Gasteiger partial charge in [0.15, 0.2) is 0 Å². The van der Waals surface area contributed by atoms with Gasteiger partial charge in [-0.25, -0.2) is 13.1 Å². The maximum atomic E-state index is 11.8. The van der Waals surface area contributed by atoms with Gasteiger partial charge in [0.1, 0.15) is 0 Å². The van der Waals surface area contributed by atoms with E-state index in [1.165, 1.54) is 12.1 Å².